The van der Waals surface area contributed by atoms with Gasteiger partial charge < -0.3 is 5.11 Å². The molecule has 74 valence electrons. The maximum absolute atomic E-state index is 12.6. The van der Waals surface area contributed by atoms with Crippen LogP contribution in [0.5, 0.6) is 0 Å². The van der Waals surface area contributed by atoms with Gasteiger partial charge in [0.2, 0.25) is 0 Å². The Morgan fingerprint density at radius 1 is 1.50 bits per heavy atom. The lowest BCUT2D eigenvalue weighted by atomic mass is 10.0. The molecule has 0 unspecified atom stereocenters. The number of aliphatic carboxylic acids is 1. The Balaban J connectivity index is 2.21. The summed E-state index contributed by atoms with van der Waals surface area (Å²) in [6.45, 7) is 1.73. The molecule has 0 saturated heterocycles. The van der Waals surface area contributed by atoms with E-state index < -0.39 is 11.4 Å². The third kappa shape index (κ3) is 1.29. The third-order valence-electron chi connectivity index (χ3n) is 3.00. The van der Waals surface area contributed by atoms with Crippen LogP contribution in [-0.2, 0) is 4.79 Å². The molecule has 1 aliphatic rings. The zero-order chi connectivity index (χ0) is 10.3. The van der Waals surface area contributed by atoms with E-state index >= 15 is 0 Å². The Labute approximate surface area is 81.4 Å². The van der Waals surface area contributed by atoms with E-state index in [0.717, 1.165) is 5.56 Å². The van der Waals surface area contributed by atoms with Crippen LogP contribution in [0.1, 0.15) is 24.8 Å². The maximum Gasteiger partial charge on any atom is 0.309 e. The van der Waals surface area contributed by atoms with E-state index in [9.17, 15) is 9.18 Å². The second kappa shape index (κ2) is 2.80. The van der Waals surface area contributed by atoms with Gasteiger partial charge in [0, 0.05) is 5.92 Å². The van der Waals surface area contributed by atoms with Crippen LogP contribution in [0.4, 0.5) is 4.39 Å². The van der Waals surface area contributed by atoms with E-state index in [4.69, 9.17) is 5.11 Å². The Hall–Kier alpha value is -1.38. The van der Waals surface area contributed by atoms with Gasteiger partial charge in [-0.25, -0.2) is 4.39 Å². The molecule has 1 N–H and O–H groups in total. The predicted molar refractivity (Wildman–Crippen MR) is 49.5 cm³/mol. The molecule has 1 saturated carbocycles. The van der Waals surface area contributed by atoms with Gasteiger partial charge in [-0.3, -0.25) is 4.79 Å². The van der Waals surface area contributed by atoms with Crippen LogP contribution >= 0.6 is 0 Å². The Morgan fingerprint density at radius 3 is 2.50 bits per heavy atom. The highest BCUT2D eigenvalue weighted by atomic mass is 19.1. The number of hydrogen-bond donors (Lipinski definition) is 1. The Bertz CT molecular complexity index is 371. The van der Waals surface area contributed by atoms with Gasteiger partial charge in [-0.15, -0.1) is 0 Å². The quantitative estimate of drug-likeness (QED) is 0.784. The summed E-state index contributed by atoms with van der Waals surface area (Å²) in [5.41, 5.74) is 0.272. The first-order chi connectivity index (χ1) is 6.54. The number of hydrogen-bond acceptors (Lipinski definition) is 1. The van der Waals surface area contributed by atoms with E-state index in [0.29, 0.717) is 6.42 Å². The summed E-state index contributed by atoms with van der Waals surface area (Å²) in [4.78, 5) is 10.9. The normalized spacial score (nSPS) is 30.0. The van der Waals surface area contributed by atoms with Crippen molar-refractivity contribution in [3.05, 3.63) is 35.6 Å². The summed E-state index contributed by atoms with van der Waals surface area (Å²) in [7, 11) is 0. The summed E-state index contributed by atoms with van der Waals surface area (Å²) in [5.74, 6) is -1.01. The zero-order valence-electron chi connectivity index (χ0n) is 7.83. The number of carbonyl (C=O) groups is 1. The van der Waals surface area contributed by atoms with Crippen molar-refractivity contribution in [1.82, 2.24) is 0 Å². The fourth-order valence-electron chi connectivity index (χ4n) is 1.78. The van der Waals surface area contributed by atoms with Gasteiger partial charge in [-0.2, -0.15) is 0 Å². The van der Waals surface area contributed by atoms with Crippen LogP contribution in [0.2, 0.25) is 0 Å². The average molecular weight is 194 g/mol. The summed E-state index contributed by atoms with van der Waals surface area (Å²) < 4.78 is 12.6. The molecular formula is C11H11FO2. The molecule has 0 radical (unpaired) electrons. The van der Waals surface area contributed by atoms with E-state index in [2.05, 4.69) is 0 Å². The van der Waals surface area contributed by atoms with Gasteiger partial charge in [0.05, 0.1) is 5.41 Å². The molecule has 0 aromatic heterocycles. The van der Waals surface area contributed by atoms with Gasteiger partial charge in [0.1, 0.15) is 5.82 Å². The lowest BCUT2D eigenvalue weighted by Crippen LogP contribution is -2.12. The van der Waals surface area contributed by atoms with E-state index in [1.807, 2.05) is 0 Å². The molecule has 0 amide bonds. The minimum Gasteiger partial charge on any atom is -0.481 e. The van der Waals surface area contributed by atoms with Gasteiger partial charge in [0.15, 0.2) is 0 Å². The van der Waals surface area contributed by atoms with Gasteiger partial charge in [-0.05, 0) is 31.0 Å². The highest BCUT2D eigenvalue weighted by molar-refractivity contribution is 5.79. The molecule has 1 fully saturated rings. The fraction of sp³-hybridized carbons (Fsp3) is 0.364. The van der Waals surface area contributed by atoms with Crippen molar-refractivity contribution in [3.63, 3.8) is 0 Å². The van der Waals surface area contributed by atoms with E-state index in [1.54, 1.807) is 19.1 Å². The standard InChI is InChI=1S/C11H11FO2/c1-11(10(13)14)6-9(11)7-2-4-8(12)5-3-7/h2-5,9H,6H2,1H3,(H,13,14)/t9-,11+/m1/s1. The maximum atomic E-state index is 12.6. The molecule has 2 nitrogen and oxygen atoms in total. The van der Waals surface area contributed by atoms with Gasteiger partial charge >= 0.3 is 5.97 Å². The van der Waals surface area contributed by atoms with Crippen LogP contribution in [0.3, 0.4) is 0 Å². The molecule has 0 spiro atoms. The predicted octanol–water partition coefficient (Wildman–Crippen LogP) is 2.40. The van der Waals surface area contributed by atoms with Crippen LogP contribution in [0.15, 0.2) is 24.3 Å². The number of carboxylic acids is 1. The Morgan fingerprint density at radius 2 is 2.07 bits per heavy atom. The van der Waals surface area contributed by atoms with Crippen LogP contribution in [-0.4, -0.2) is 11.1 Å². The molecule has 2 rings (SSSR count). The molecule has 1 aromatic carbocycles. The molecule has 0 bridgehead atoms. The summed E-state index contributed by atoms with van der Waals surface area (Å²) >= 11 is 0. The first-order valence-electron chi connectivity index (χ1n) is 4.53. The monoisotopic (exact) mass is 194 g/mol. The minimum absolute atomic E-state index is 0.0422. The van der Waals surface area contributed by atoms with Crippen molar-refractivity contribution >= 4 is 5.97 Å². The summed E-state index contributed by atoms with van der Waals surface area (Å²) in [6.07, 6.45) is 0.647. The fourth-order valence-corrected chi connectivity index (χ4v) is 1.78. The van der Waals surface area contributed by atoms with Gasteiger partial charge in [-0.1, -0.05) is 12.1 Å². The van der Waals surface area contributed by atoms with Crippen LogP contribution in [0, 0.1) is 11.2 Å². The zero-order valence-corrected chi connectivity index (χ0v) is 7.83. The average Bonchev–Trinajstić information content (AvgIpc) is 2.81. The molecule has 0 heterocycles. The number of halogens is 1. The minimum atomic E-state index is -0.771. The molecular weight excluding hydrogens is 183 g/mol. The smallest absolute Gasteiger partial charge is 0.309 e. The molecule has 1 aliphatic carbocycles. The van der Waals surface area contributed by atoms with E-state index in [1.165, 1.54) is 12.1 Å². The third-order valence-corrected chi connectivity index (χ3v) is 3.00. The second-order valence-electron chi connectivity index (χ2n) is 4.03. The largest absolute Gasteiger partial charge is 0.481 e. The lowest BCUT2D eigenvalue weighted by molar-refractivity contribution is -0.142. The van der Waals surface area contributed by atoms with Crippen molar-refractivity contribution in [1.29, 1.82) is 0 Å². The summed E-state index contributed by atoms with van der Waals surface area (Å²) in [5, 5.41) is 8.92. The molecule has 3 heteroatoms. The van der Waals surface area contributed by atoms with Gasteiger partial charge in [0.25, 0.3) is 0 Å². The van der Waals surface area contributed by atoms with E-state index in [-0.39, 0.29) is 11.7 Å². The molecule has 14 heavy (non-hydrogen) atoms. The molecule has 2 atom stereocenters. The highest BCUT2D eigenvalue weighted by Crippen LogP contribution is 2.59. The second-order valence-corrected chi connectivity index (χ2v) is 4.03. The number of rotatable bonds is 2. The topological polar surface area (TPSA) is 37.3 Å². The summed E-state index contributed by atoms with van der Waals surface area (Å²) in [6, 6.07) is 6.06. The van der Waals surface area contributed by atoms with Crippen LogP contribution < -0.4 is 0 Å². The van der Waals surface area contributed by atoms with Crippen molar-refractivity contribution < 1.29 is 14.3 Å². The first kappa shape index (κ1) is 9.19. The molecule has 0 aliphatic heterocycles. The van der Waals surface area contributed by atoms with Crippen LogP contribution in [0.25, 0.3) is 0 Å². The molecule has 1 aromatic rings. The van der Waals surface area contributed by atoms with Crippen molar-refractivity contribution in [2.24, 2.45) is 5.41 Å². The first-order valence-corrected chi connectivity index (χ1v) is 4.53. The Kier molecular flexibility index (Phi) is 1.84. The van der Waals surface area contributed by atoms with Crippen molar-refractivity contribution in [2.45, 2.75) is 19.3 Å². The lowest BCUT2D eigenvalue weighted by Gasteiger charge is -2.04. The highest BCUT2D eigenvalue weighted by Gasteiger charge is 2.56. The number of benzene rings is 1. The van der Waals surface area contributed by atoms with Crippen molar-refractivity contribution in [2.75, 3.05) is 0 Å². The SMILES string of the molecule is C[C@]1(C(=O)O)C[C@@H]1c1ccc(F)cc1. The number of carboxylic acid groups (broad SMARTS) is 1. The van der Waals surface area contributed by atoms with Crippen molar-refractivity contribution in [3.8, 4) is 0 Å².